The first kappa shape index (κ1) is 25.9. The van der Waals surface area contributed by atoms with Gasteiger partial charge in [-0.25, -0.2) is 9.78 Å². The molecule has 1 atom stereocenters. The summed E-state index contributed by atoms with van der Waals surface area (Å²) in [7, 11) is 2.06. The fourth-order valence-electron chi connectivity index (χ4n) is 4.69. The number of rotatable bonds is 6. The van der Waals surface area contributed by atoms with Crippen LogP contribution in [-0.2, 0) is 16.1 Å². The van der Waals surface area contributed by atoms with Gasteiger partial charge in [-0.15, -0.1) is 11.3 Å². The molecular formula is C28H31N5O4S. The third-order valence-electron chi connectivity index (χ3n) is 6.95. The van der Waals surface area contributed by atoms with Crippen molar-refractivity contribution >= 4 is 34.4 Å². The van der Waals surface area contributed by atoms with Crippen molar-refractivity contribution in [2.45, 2.75) is 25.5 Å². The van der Waals surface area contributed by atoms with E-state index in [0.717, 1.165) is 49.4 Å². The standard InChI is InChI=1S/C28H31N5O4S/c1-31-14-16-32(17-15-31)26(35)22-11-9-21(10-12-22)23-19-38-27(29-23)30-25(34)24-8-5-13-33(24)28(36)37-18-20-6-3-2-4-7-20/h2-4,6-7,9-12,19,24H,5,8,13-18H2,1H3,(H,29,30,34)/t24-/m0/s1. The maximum atomic E-state index is 13.0. The molecule has 0 unspecified atom stereocenters. The Kier molecular flexibility index (Phi) is 8.00. The molecule has 2 aliphatic heterocycles. The molecule has 0 bridgehead atoms. The van der Waals surface area contributed by atoms with E-state index in [9.17, 15) is 14.4 Å². The van der Waals surface area contributed by atoms with Gasteiger partial charge in [-0.3, -0.25) is 14.5 Å². The van der Waals surface area contributed by atoms with Gasteiger partial charge in [-0.05, 0) is 37.6 Å². The summed E-state index contributed by atoms with van der Waals surface area (Å²) in [5.41, 5.74) is 3.13. The molecule has 3 heterocycles. The molecule has 0 radical (unpaired) electrons. The highest BCUT2D eigenvalue weighted by Gasteiger charge is 2.35. The summed E-state index contributed by atoms with van der Waals surface area (Å²) in [6.45, 7) is 3.87. The van der Waals surface area contributed by atoms with Crippen LogP contribution in [0.3, 0.4) is 0 Å². The van der Waals surface area contributed by atoms with Gasteiger partial charge in [0.1, 0.15) is 12.6 Å². The van der Waals surface area contributed by atoms with Crippen LogP contribution in [0.5, 0.6) is 0 Å². The smallest absolute Gasteiger partial charge is 0.410 e. The van der Waals surface area contributed by atoms with Crippen molar-refractivity contribution < 1.29 is 19.1 Å². The fraction of sp³-hybridized carbons (Fsp3) is 0.357. The van der Waals surface area contributed by atoms with Crippen LogP contribution < -0.4 is 5.32 Å². The molecule has 3 amide bonds. The second-order valence-corrected chi connectivity index (χ2v) is 10.4. The normalized spacial score (nSPS) is 17.9. The van der Waals surface area contributed by atoms with E-state index in [4.69, 9.17) is 4.74 Å². The third-order valence-corrected chi connectivity index (χ3v) is 7.71. The minimum Gasteiger partial charge on any atom is -0.445 e. The summed E-state index contributed by atoms with van der Waals surface area (Å²) < 4.78 is 5.44. The molecule has 38 heavy (non-hydrogen) atoms. The van der Waals surface area contributed by atoms with E-state index in [1.807, 2.05) is 64.9 Å². The van der Waals surface area contributed by atoms with Gasteiger partial charge in [-0.1, -0.05) is 42.5 Å². The zero-order valence-electron chi connectivity index (χ0n) is 21.3. The maximum absolute atomic E-state index is 13.0. The Labute approximate surface area is 226 Å². The van der Waals surface area contributed by atoms with Gasteiger partial charge in [0.15, 0.2) is 5.13 Å². The van der Waals surface area contributed by atoms with Crippen LogP contribution in [0.25, 0.3) is 11.3 Å². The Morgan fingerprint density at radius 1 is 1.00 bits per heavy atom. The monoisotopic (exact) mass is 533 g/mol. The number of ether oxygens (including phenoxy) is 1. The van der Waals surface area contributed by atoms with E-state index in [2.05, 4.69) is 22.2 Å². The van der Waals surface area contributed by atoms with Crippen molar-refractivity contribution in [1.29, 1.82) is 0 Å². The summed E-state index contributed by atoms with van der Waals surface area (Å²) in [6.07, 6.45) is 0.825. The van der Waals surface area contributed by atoms with E-state index in [-0.39, 0.29) is 18.4 Å². The predicted octanol–water partition coefficient (Wildman–Crippen LogP) is 3.94. The van der Waals surface area contributed by atoms with Crippen molar-refractivity contribution in [2.75, 3.05) is 45.1 Å². The molecule has 1 aromatic heterocycles. The zero-order chi connectivity index (χ0) is 26.5. The third kappa shape index (κ3) is 6.03. The lowest BCUT2D eigenvalue weighted by Crippen LogP contribution is -2.47. The van der Waals surface area contributed by atoms with Crippen molar-refractivity contribution in [3.63, 3.8) is 0 Å². The summed E-state index contributed by atoms with van der Waals surface area (Å²) >= 11 is 1.32. The van der Waals surface area contributed by atoms with Crippen molar-refractivity contribution in [3.05, 3.63) is 71.1 Å². The Morgan fingerprint density at radius 2 is 1.74 bits per heavy atom. The van der Waals surface area contributed by atoms with Gasteiger partial charge in [-0.2, -0.15) is 0 Å². The molecule has 0 aliphatic carbocycles. The average molecular weight is 534 g/mol. The molecule has 3 aromatic rings. The lowest BCUT2D eigenvalue weighted by Gasteiger charge is -2.32. The molecule has 2 aliphatic rings. The second-order valence-electron chi connectivity index (χ2n) is 9.59. The van der Waals surface area contributed by atoms with E-state index in [0.29, 0.717) is 23.7 Å². The Balaban J connectivity index is 1.17. The number of carbonyl (C=O) groups excluding carboxylic acids is 3. The minimum atomic E-state index is -0.592. The van der Waals surface area contributed by atoms with Crippen LogP contribution in [0.2, 0.25) is 0 Å². The number of benzene rings is 2. The zero-order valence-corrected chi connectivity index (χ0v) is 22.2. The number of hydrogen-bond donors (Lipinski definition) is 1. The molecule has 10 heteroatoms. The molecule has 2 aromatic carbocycles. The van der Waals surface area contributed by atoms with Crippen LogP contribution >= 0.6 is 11.3 Å². The first-order chi connectivity index (χ1) is 18.5. The van der Waals surface area contributed by atoms with Gasteiger partial charge in [0, 0.05) is 49.2 Å². The fourth-order valence-corrected chi connectivity index (χ4v) is 5.41. The SMILES string of the molecule is CN1CCN(C(=O)c2ccc(-c3csc(NC(=O)[C@@H]4CCCN4C(=O)OCc4ccccc4)n3)cc2)CC1. The second kappa shape index (κ2) is 11.7. The first-order valence-electron chi connectivity index (χ1n) is 12.8. The van der Waals surface area contributed by atoms with Crippen molar-refractivity contribution in [3.8, 4) is 11.3 Å². The largest absolute Gasteiger partial charge is 0.445 e. The van der Waals surface area contributed by atoms with Gasteiger partial charge in [0.25, 0.3) is 5.91 Å². The molecule has 2 fully saturated rings. The maximum Gasteiger partial charge on any atom is 0.410 e. The molecular weight excluding hydrogens is 502 g/mol. The molecule has 0 saturated carbocycles. The Bertz CT molecular complexity index is 1270. The number of carbonyl (C=O) groups is 3. The molecule has 0 spiro atoms. The van der Waals surface area contributed by atoms with Gasteiger partial charge >= 0.3 is 6.09 Å². The minimum absolute atomic E-state index is 0.0410. The van der Waals surface area contributed by atoms with Gasteiger partial charge < -0.3 is 19.9 Å². The number of aromatic nitrogens is 1. The summed E-state index contributed by atoms with van der Waals surface area (Å²) in [6, 6.07) is 16.3. The molecule has 5 rings (SSSR count). The molecule has 2 saturated heterocycles. The highest BCUT2D eigenvalue weighted by atomic mass is 32.1. The van der Waals surface area contributed by atoms with E-state index in [1.54, 1.807) is 0 Å². The number of thiazole rings is 1. The van der Waals surface area contributed by atoms with Crippen LogP contribution in [0.15, 0.2) is 60.0 Å². The summed E-state index contributed by atoms with van der Waals surface area (Å²) in [4.78, 5) is 48.6. The Morgan fingerprint density at radius 3 is 2.47 bits per heavy atom. The number of likely N-dealkylation sites (tertiary alicyclic amines) is 1. The van der Waals surface area contributed by atoms with Gasteiger partial charge in [0.05, 0.1) is 5.69 Å². The van der Waals surface area contributed by atoms with E-state index in [1.165, 1.54) is 16.2 Å². The number of hydrogen-bond acceptors (Lipinski definition) is 7. The molecule has 198 valence electrons. The Hall–Kier alpha value is -3.76. The lowest BCUT2D eigenvalue weighted by molar-refractivity contribution is -0.120. The highest BCUT2D eigenvalue weighted by Crippen LogP contribution is 2.27. The number of nitrogens with zero attached hydrogens (tertiary/aromatic N) is 4. The number of likely N-dealkylation sites (N-methyl/N-ethyl adjacent to an activating group) is 1. The number of amides is 3. The van der Waals surface area contributed by atoms with Crippen LogP contribution in [0.1, 0.15) is 28.8 Å². The summed E-state index contributed by atoms with van der Waals surface area (Å²) in [5, 5.41) is 5.20. The predicted molar refractivity (Wildman–Crippen MR) is 146 cm³/mol. The van der Waals surface area contributed by atoms with Gasteiger partial charge in [0.2, 0.25) is 5.91 Å². The number of piperazine rings is 1. The van der Waals surface area contributed by atoms with E-state index >= 15 is 0 Å². The molecule has 1 N–H and O–H groups in total. The topological polar surface area (TPSA) is 95.1 Å². The molecule has 9 nitrogen and oxygen atoms in total. The average Bonchev–Trinajstić information content (AvgIpc) is 3.63. The van der Waals surface area contributed by atoms with Crippen LogP contribution in [0.4, 0.5) is 9.93 Å². The van der Waals surface area contributed by atoms with Crippen molar-refractivity contribution in [1.82, 2.24) is 19.7 Å². The van der Waals surface area contributed by atoms with Crippen molar-refractivity contribution in [2.24, 2.45) is 0 Å². The number of anilines is 1. The highest BCUT2D eigenvalue weighted by molar-refractivity contribution is 7.14. The van der Waals surface area contributed by atoms with E-state index < -0.39 is 12.1 Å². The quantitative estimate of drug-likeness (QED) is 0.516. The summed E-state index contributed by atoms with van der Waals surface area (Å²) in [5.74, 6) is -0.229. The van der Waals surface area contributed by atoms with Crippen LogP contribution in [0, 0.1) is 0 Å². The first-order valence-corrected chi connectivity index (χ1v) is 13.7. The lowest BCUT2D eigenvalue weighted by atomic mass is 10.1. The van der Waals surface area contributed by atoms with Crippen LogP contribution in [-0.4, -0.2) is 83.4 Å². The number of nitrogens with one attached hydrogen (secondary N) is 1.